The van der Waals surface area contributed by atoms with Crippen LogP contribution in [0.5, 0.6) is 0 Å². The predicted molar refractivity (Wildman–Crippen MR) is 72.1 cm³/mol. The summed E-state index contributed by atoms with van der Waals surface area (Å²) in [5, 5.41) is 0. The molecule has 0 atom stereocenters. The first-order valence-electron chi connectivity index (χ1n) is 5.99. The van der Waals surface area contributed by atoms with Crippen molar-refractivity contribution in [2.75, 3.05) is 19.0 Å². The second-order valence-corrected chi connectivity index (χ2v) is 4.30. The first-order chi connectivity index (χ1) is 8.49. The molecule has 1 aromatic heterocycles. The Labute approximate surface area is 106 Å². The number of hydrogen-bond acceptors (Lipinski definition) is 4. The molecule has 6 heteroatoms. The van der Waals surface area contributed by atoms with Crippen LogP contribution in [0.1, 0.15) is 19.8 Å². The predicted octanol–water partition coefficient (Wildman–Crippen LogP) is 0.364. The molecule has 0 aliphatic rings. The molecular formula is C12H20N4O2. The van der Waals surface area contributed by atoms with E-state index in [9.17, 15) is 9.59 Å². The van der Waals surface area contributed by atoms with E-state index in [1.165, 1.54) is 4.57 Å². The maximum Gasteiger partial charge on any atom is 0.355 e. The van der Waals surface area contributed by atoms with E-state index in [4.69, 9.17) is 0 Å². The third-order valence-electron chi connectivity index (χ3n) is 2.55. The number of rotatable bonds is 5. The lowest BCUT2D eigenvalue weighted by Crippen LogP contribution is -2.42. The van der Waals surface area contributed by atoms with Gasteiger partial charge >= 0.3 is 11.4 Å². The maximum atomic E-state index is 12.0. The molecule has 0 aliphatic heterocycles. The van der Waals surface area contributed by atoms with E-state index in [0.717, 1.165) is 17.4 Å². The van der Waals surface area contributed by atoms with Gasteiger partial charge in [-0.05, 0) is 6.42 Å². The summed E-state index contributed by atoms with van der Waals surface area (Å²) in [4.78, 5) is 29.3. The Balaban J connectivity index is 3.12. The molecule has 1 aromatic rings. The standard InChI is InChI=1S/C12H20N4O2/c1-5-6-7-8-9-16-11(17)13-10(14(2)3)15(4)12(16)18/h7-8H,5-6,9H2,1-4H3. The average molecular weight is 252 g/mol. The van der Waals surface area contributed by atoms with Crippen LogP contribution in [0.25, 0.3) is 0 Å². The molecule has 0 spiro atoms. The molecular weight excluding hydrogens is 232 g/mol. The van der Waals surface area contributed by atoms with E-state index in [1.807, 2.05) is 12.2 Å². The van der Waals surface area contributed by atoms with Gasteiger partial charge in [-0.3, -0.25) is 4.57 Å². The highest BCUT2D eigenvalue weighted by Crippen LogP contribution is 1.97. The zero-order valence-corrected chi connectivity index (χ0v) is 11.4. The van der Waals surface area contributed by atoms with E-state index in [-0.39, 0.29) is 12.2 Å². The molecule has 1 heterocycles. The van der Waals surface area contributed by atoms with Crippen LogP contribution in [-0.4, -0.2) is 28.2 Å². The molecule has 0 fully saturated rings. The van der Waals surface area contributed by atoms with Crippen molar-refractivity contribution >= 4 is 5.95 Å². The second-order valence-electron chi connectivity index (χ2n) is 4.30. The average Bonchev–Trinajstić information content (AvgIpc) is 2.32. The van der Waals surface area contributed by atoms with E-state index in [0.29, 0.717) is 5.95 Å². The smallest absolute Gasteiger partial charge is 0.348 e. The maximum absolute atomic E-state index is 12.0. The Bertz CT molecular complexity index is 540. The van der Waals surface area contributed by atoms with Crippen LogP contribution in [-0.2, 0) is 13.6 Å². The van der Waals surface area contributed by atoms with Crippen LogP contribution in [0.15, 0.2) is 21.7 Å². The van der Waals surface area contributed by atoms with Gasteiger partial charge in [-0.1, -0.05) is 25.5 Å². The zero-order chi connectivity index (χ0) is 13.7. The highest BCUT2D eigenvalue weighted by Gasteiger charge is 2.10. The quantitative estimate of drug-likeness (QED) is 0.710. The lowest BCUT2D eigenvalue weighted by Gasteiger charge is -2.15. The minimum Gasteiger partial charge on any atom is -0.348 e. The fraction of sp³-hybridized carbons (Fsp3) is 0.583. The molecule has 100 valence electrons. The minimum absolute atomic E-state index is 0.270. The monoisotopic (exact) mass is 252 g/mol. The first-order valence-corrected chi connectivity index (χ1v) is 5.99. The summed E-state index contributed by atoms with van der Waals surface area (Å²) in [5.74, 6) is 0.360. The fourth-order valence-electron chi connectivity index (χ4n) is 1.59. The van der Waals surface area contributed by atoms with Gasteiger partial charge in [0.1, 0.15) is 0 Å². The molecule has 1 rings (SSSR count). The molecule has 0 unspecified atom stereocenters. The van der Waals surface area contributed by atoms with Gasteiger partial charge in [0.05, 0.1) is 6.54 Å². The van der Waals surface area contributed by atoms with Gasteiger partial charge in [-0.2, -0.15) is 4.98 Å². The van der Waals surface area contributed by atoms with Gasteiger partial charge in [-0.15, -0.1) is 0 Å². The number of hydrogen-bond donors (Lipinski definition) is 0. The number of aromatic nitrogens is 3. The van der Waals surface area contributed by atoms with E-state index < -0.39 is 5.69 Å². The van der Waals surface area contributed by atoms with Crippen molar-refractivity contribution in [1.29, 1.82) is 0 Å². The van der Waals surface area contributed by atoms with E-state index in [2.05, 4.69) is 11.9 Å². The van der Waals surface area contributed by atoms with Crippen molar-refractivity contribution < 1.29 is 0 Å². The molecule has 0 aromatic carbocycles. The summed E-state index contributed by atoms with van der Waals surface area (Å²) < 4.78 is 2.49. The lowest BCUT2D eigenvalue weighted by molar-refractivity contribution is 0.609. The fourth-order valence-corrected chi connectivity index (χ4v) is 1.59. The van der Waals surface area contributed by atoms with Crippen molar-refractivity contribution in [3.63, 3.8) is 0 Å². The van der Waals surface area contributed by atoms with E-state index >= 15 is 0 Å². The van der Waals surface area contributed by atoms with Gasteiger partial charge in [0.2, 0.25) is 5.95 Å². The first kappa shape index (κ1) is 14.2. The summed E-state index contributed by atoms with van der Waals surface area (Å²) >= 11 is 0. The Morgan fingerprint density at radius 1 is 1.28 bits per heavy atom. The molecule has 0 radical (unpaired) electrons. The van der Waals surface area contributed by atoms with Crippen LogP contribution >= 0.6 is 0 Å². The van der Waals surface area contributed by atoms with Crippen molar-refractivity contribution in [2.24, 2.45) is 7.05 Å². The third kappa shape index (κ3) is 3.09. The van der Waals surface area contributed by atoms with Crippen LogP contribution < -0.4 is 16.3 Å². The zero-order valence-electron chi connectivity index (χ0n) is 11.4. The summed E-state index contributed by atoms with van der Waals surface area (Å²) in [7, 11) is 5.09. The van der Waals surface area contributed by atoms with Crippen LogP contribution in [0.4, 0.5) is 5.95 Å². The number of nitrogens with zero attached hydrogens (tertiary/aromatic N) is 4. The topological polar surface area (TPSA) is 60.1 Å². The van der Waals surface area contributed by atoms with Gasteiger partial charge in [-0.25, -0.2) is 14.2 Å². The number of unbranched alkanes of at least 4 members (excludes halogenated alkanes) is 1. The Hall–Kier alpha value is -1.85. The van der Waals surface area contributed by atoms with Crippen molar-refractivity contribution in [3.05, 3.63) is 33.1 Å². The summed E-state index contributed by atoms with van der Waals surface area (Å²) in [6.45, 7) is 2.34. The molecule has 0 saturated heterocycles. The minimum atomic E-state index is -0.511. The van der Waals surface area contributed by atoms with Crippen molar-refractivity contribution in [3.8, 4) is 0 Å². The Kier molecular flexibility index (Phi) is 4.88. The highest BCUT2D eigenvalue weighted by molar-refractivity contribution is 5.25. The largest absolute Gasteiger partial charge is 0.355 e. The van der Waals surface area contributed by atoms with Crippen LogP contribution in [0, 0.1) is 0 Å². The van der Waals surface area contributed by atoms with Gasteiger partial charge in [0, 0.05) is 21.1 Å². The Morgan fingerprint density at radius 2 is 1.94 bits per heavy atom. The summed E-state index contributed by atoms with van der Waals surface area (Å²) in [6, 6.07) is 0. The van der Waals surface area contributed by atoms with Crippen molar-refractivity contribution in [1.82, 2.24) is 14.1 Å². The third-order valence-corrected chi connectivity index (χ3v) is 2.55. The molecule has 0 N–H and O–H groups in total. The Morgan fingerprint density at radius 3 is 2.50 bits per heavy atom. The molecule has 0 bridgehead atoms. The van der Waals surface area contributed by atoms with Gasteiger partial charge in [0.25, 0.3) is 0 Å². The second kappa shape index (κ2) is 6.18. The highest BCUT2D eigenvalue weighted by atomic mass is 16.2. The molecule has 0 amide bonds. The van der Waals surface area contributed by atoms with E-state index in [1.54, 1.807) is 26.0 Å². The van der Waals surface area contributed by atoms with Crippen LogP contribution in [0.2, 0.25) is 0 Å². The number of allylic oxidation sites excluding steroid dienone is 2. The van der Waals surface area contributed by atoms with Gasteiger partial charge < -0.3 is 4.90 Å². The SMILES string of the molecule is CCCC=CCn1c(=O)nc(N(C)C)n(C)c1=O. The number of anilines is 1. The molecule has 0 saturated carbocycles. The summed E-state index contributed by atoms with van der Waals surface area (Å²) in [6.07, 6.45) is 5.77. The summed E-state index contributed by atoms with van der Waals surface area (Å²) in [5.41, 5.74) is -0.859. The lowest BCUT2D eigenvalue weighted by atomic mass is 10.3. The van der Waals surface area contributed by atoms with Crippen LogP contribution in [0.3, 0.4) is 0 Å². The molecule has 18 heavy (non-hydrogen) atoms. The molecule has 0 aliphatic carbocycles. The van der Waals surface area contributed by atoms with Crippen molar-refractivity contribution in [2.45, 2.75) is 26.3 Å². The molecule has 6 nitrogen and oxygen atoms in total. The van der Waals surface area contributed by atoms with Gasteiger partial charge in [0.15, 0.2) is 0 Å². The normalized spacial score (nSPS) is 11.1.